The Kier molecular flexibility index (Phi) is 4.89. The molecule has 1 atom stereocenters. The van der Waals surface area contributed by atoms with E-state index in [-0.39, 0.29) is 0 Å². The van der Waals surface area contributed by atoms with Crippen LogP contribution in [0.1, 0.15) is 29.7 Å². The zero-order valence-corrected chi connectivity index (χ0v) is 12.3. The third kappa shape index (κ3) is 3.18. The Morgan fingerprint density at radius 1 is 1.50 bits per heavy atom. The van der Waals surface area contributed by atoms with Crippen molar-refractivity contribution in [2.45, 2.75) is 38.5 Å². The van der Waals surface area contributed by atoms with Crippen molar-refractivity contribution >= 4 is 11.8 Å². The van der Waals surface area contributed by atoms with Gasteiger partial charge in [-0.3, -0.25) is 4.98 Å². The third-order valence-corrected chi connectivity index (χ3v) is 4.84. The molecule has 3 nitrogen and oxygen atoms in total. The summed E-state index contributed by atoms with van der Waals surface area (Å²) in [6.07, 6.45) is 4.61. The Bertz CT molecular complexity index is 403. The van der Waals surface area contributed by atoms with Crippen molar-refractivity contribution in [1.29, 1.82) is 0 Å². The Labute approximate surface area is 114 Å². The maximum Gasteiger partial charge on any atom is 0.128 e. The van der Waals surface area contributed by atoms with E-state index in [2.05, 4.69) is 29.0 Å². The number of aryl methyl sites for hydroxylation is 1. The minimum Gasteiger partial charge on any atom is -0.496 e. The first-order valence-corrected chi connectivity index (χ1v) is 7.58. The van der Waals surface area contributed by atoms with E-state index in [1.807, 2.05) is 13.1 Å². The average molecular weight is 266 g/mol. The van der Waals surface area contributed by atoms with Gasteiger partial charge in [0.1, 0.15) is 5.75 Å². The highest BCUT2D eigenvalue weighted by molar-refractivity contribution is 8.00. The fraction of sp³-hybridized carbons (Fsp3) is 0.643. The van der Waals surface area contributed by atoms with Crippen LogP contribution in [0.15, 0.2) is 6.20 Å². The van der Waals surface area contributed by atoms with Gasteiger partial charge in [0.2, 0.25) is 0 Å². The molecule has 18 heavy (non-hydrogen) atoms. The molecule has 0 aliphatic carbocycles. The van der Waals surface area contributed by atoms with Gasteiger partial charge in [0.05, 0.1) is 12.8 Å². The predicted molar refractivity (Wildman–Crippen MR) is 77.4 cm³/mol. The quantitative estimate of drug-likeness (QED) is 0.888. The Morgan fingerprint density at radius 2 is 2.33 bits per heavy atom. The van der Waals surface area contributed by atoms with Crippen molar-refractivity contribution in [2.24, 2.45) is 0 Å². The van der Waals surface area contributed by atoms with Gasteiger partial charge in [0.25, 0.3) is 0 Å². The number of hydrogen-bond acceptors (Lipinski definition) is 4. The van der Waals surface area contributed by atoms with Crippen LogP contribution in [0.25, 0.3) is 0 Å². The van der Waals surface area contributed by atoms with Crippen LogP contribution in [0.5, 0.6) is 5.75 Å². The number of ether oxygens (including phenoxy) is 1. The molecule has 1 fully saturated rings. The summed E-state index contributed by atoms with van der Waals surface area (Å²) in [4.78, 5) is 4.50. The topological polar surface area (TPSA) is 34.1 Å². The molecular weight excluding hydrogens is 244 g/mol. The number of methoxy groups -OCH3 is 1. The van der Waals surface area contributed by atoms with Crippen LogP contribution in [-0.2, 0) is 6.54 Å². The zero-order chi connectivity index (χ0) is 13.0. The fourth-order valence-corrected chi connectivity index (χ4v) is 3.64. The zero-order valence-electron chi connectivity index (χ0n) is 11.5. The molecule has 1 aromatic rings. The van der Waals surface area contributed by atoms with E-state index in [0.717, 1.165) is 40.9 Å². The minimum absolute atomic E-state index is 0.789. The van der Waals surface area contributed by atoms with Crippen LogP contribution in [0.4, 0.5) is 0 Å². The molecule has 100 valence electrons. The first kappa shape index (κ1) is 13.7. The minimum atomic E-state index is 0.789. The number of nitrogens with one attached hydrogen (secondary N) is 1. The van der Waals surface area contributed by atoms with E-state index < -0.39 is 0 Å². The largest absolute Gasteiger partial charge is 0.496 e. The molecule has 0 bridgehead atoms. The number of hydrogen-bond donors (Lipinski definition) is 1. The molecular formula is C14H22N2OS. The maximum atomic E-state index is 5.42. The molecule has 0 amide bonds. The first-order chi connectivity index (χ1) is 8.72. The van der Waals surface area contributed by atoms with Gasteiger partial charge in [-0.05, 0) is 32.4 Å². The van der Waals surface area contributed by atoms with Crippen LogP contribution >= 0.6 is 11.8 Å². The van der Waals surface area contributed by atoms with Gasteiger partial charge in [-0.15, -0.1) is 0 Å². The van der Waals surface area contributed by atoms with Crippen molar-refractivity contribution in [2.75, 3.05) is 19.4 Å². The molecule has 4 heteroatoms. The van der Waals surface area contributed by atoms with Crippen molar-refractivity contribution in [3.05, 3.63) is 23.0 Å². The lowest BCUT2D eigenvalue weighted by atomic mass is 10.1. The molecule has 1 saturated heterocycles. The molecule has 1 unspecified atom stereocenters. The normalized spacial score (nSPS) is 19.2. The molecule has 1 aliphatic rings. The monoisotopic (exact) mass is 266 g/mol. The summed E-state index contributed by atoms with van der Waals surface area (Å²) in [5.41, 5.74) is 3.36. The van der Waals surface area contributed by atoms with Crippen LogP contribution in [-0.4, -0.2) is 29.6 Å². The maximum absolute atomic E-state index is 5.42. The highest BCUT2D eigenvalue weighted by atomic mass is 32.2. The van der Waals surface area contributed by atoms with Gasteiger partial charge in [-0.25, -0.2) is 0 Å². The van der Waals surface area contributed by atoms with E-state index in [1.54, 1.807) is 7.11 Å². The molecule has 1 aromatic heterocycles. The number of rotatable bonds is 5. The van der Waals surface area contributed by atoms with Crippen LogP contribution in [0.3, 0.4) is 0 Å². The lowest BCUT2D eigenvalue weighted by Crippen LogP contribution is -2.23. The smallest absolute Gasteiger partial charge is 0.128 e. The van der Waals surface area contributed by atoms with Crippen LogP contribution in [0.2, 0.25) is 0 Å². The van der Waals surface area contributed by atoms with Gasteiger partial charge >= 0.3 is 0 Å². The van der Waals surface area contributed by atoms with E-state index in [1.165, 1.54) is 18.6 Å². The standard InChI is InChI=1S/C14H22N2OS/c1-10-7-16-13(11(2)14(10)17-3)9-15-8-12-5-4-6-18-12/h7,12,15H,4-6,8-9H2,1-3H3. The molecule has 2 heterocycles. The third-order valence-electron chi connectivity index (χ3n) is 3.44. The van der Waals surface area contributed by atoms with Crippen molar-refractivity contribution in [3.8, 4) is 5.75 Å². The van der Waals surface area contributed by atoms with Gasteiger partial charge in [-0.1, -0.05) is 0 Å². The summed E-state index contributed by atoms with van der Waals surface area (Å²) < 4.78 is 5.42. The SMILES string of the molecule is COc1c(C)cnc(CNCC2CCCS2)c1C. The summed E-state index contributed by atoms with van der Waals surface area (Å²) in [6, 6.07) is 0. The Morgan fingerprint density at radius 3 is 3.00 bits per heavy atom. The molecule has 1 N–H and O–H groups in total. The van der Waals surface area contributed by atoms with Crippen LogP contribution < -0.4 is 10.1 Å². The summed E-state index contributed by atoms with van der Waals surface area (Å²) in [5, 5.41) is 4.31. The van der Waals surface area contributed by atoms with Gasteiger partial charge in [0.15, 0.2) is 0 Å². The van der Waals surface area contributed by atoms with Crippen LogP contribution in [0, 0.1) is 13.8 Å². The summed E-state index contributed by atoms with van der Waals surface area (Å²) in [6.45, 7) is 6.03. The van der Waals surface area contributed by atoms with E-state index in [4.69, 9.17) is 4.74 Å². The van der Waals surface area contributed by atoms with Crippen molar-refractivity contribution in [3.63, 3.8) is 0 Å². The second-order valence-corrected chi connectivity index (χ2v) is 6.22. The Balaban J connectivity index is 1.92. The highest BCUT2D eigenvalue weighted by Gasteiger charge is 2.15. The van der Waals surface area contributed by atoms with Crippen molar-refractivity contribution in [1.82, 2.24) is 10.3 Å². The Hall–Kier alpha value is -0.740. The number of aromatic nitrogens is 1. The molecule has 0 aromatic carbocycles. The van der Waals surface area contributed by atoms with Gasteiger partial charge in [0, 0.05) is 35.7 Å². The van der Waals surface area contributed by atoms with Crippen molar-refractivity contribution < 1.29 is 4.74 Å². The molecule has 0 saturated carbocycles. The number of nitrogens with zero attached hydrogens (tertiary/aromatic N) is 1. The summed E-state index contributed by atoms with van der Waals surface area (Å²) >= 11 is 2.08. The van der Waals surface area contributed by atoms with E-state index >= 15 is 0 Å². The highest BCUT2D eigenvalue weighted by Crippen LogP contribution is 2.26. The second kappa shape index (κ2) is 6.43. The second-order valence-electron chi connectivity index (χ2n) is 4.81. The number of thioether (sulfide) groups is 1. The number of pyridine rings is 1. The average Bonchev–Trinajstić information content (AvgIpc) is 2.86. The summed E-state index contributed by atoms with van der Waals surface area (Å²) in [7, 11) is 1.72. The molecule has 0 spiro atoms. The molecule has 0 radical (unpaired) electrons. The lowest BCUT2D eigenvalue weighted by Gasteiger charge is -2.14. The van der Waals surface area contributed by atoms with E-state index in [9.17, 15) is 0 Å². The van der Waals surface area contributed by atoms with Gasteiger partial charge in [-0.2, -0.15) is 11.8 Å². The molecule has 1 aliphatic heterocycles. The summed E-state index contributed by atoms with van der Waals surface area (Å²) in [5.74, 6) is 2.29. The predicted octanol–water partition coefficient (Wildman–Crippen LogP) is 2.69. The fourth-order valence-electron chi connectivity index (χ4n) is 2.41. The molecule has 2 rings (SSSR count). The van der Waals surface area contributed by atoms with Gasteiger partial charge < -0.3 is 10.1 Å². The lowest BCUT2D eigenvalue weighted by molar-refractivity contribution is 0.406. The van der Waals surface area contributed by atoms with E-state index in [0.29, 0.717) is 0 Å². The first-order valence-electron chi connectivity index (χ1n) is 6.53.